The largest absolute Gasteiger partial charge is 0.353 e. The Morgan fingerprint density at radius 2 is 2.05 bits per heavy atom. The highest BCUT2D eigenvalue weighted by molar-refractivity contribution is 5.78. The van der Waals surface area contributed by atoms with Gasteiger partial charge in [0.25, 0.3) is 0 Å². The van der Waals surface area contributed by atoms with Crippen LogP contribution in [0, 0.1) is 0 Å². The molecule has 0 aliphatic rings. The van der Waals surface area contributed by atoms with E-state index in [1.165, 1.54) is 19.3 Å². The summed E-state index contributed by atoms with van der Waals surface area (Å²) in [6, 6.07) is 10.1. The van der Waals surface area contributed by atoms with E-state index in [4.69, 9.17) is 0 Å². The maximum Gasteiger partial charge on any atom is 0.224 e. The minimum atomic E-state index is 0.0663. The summed E-state index contributed by atoms with van der Waals surface area (Å²) in [6.07, 6.45) is 8.70. The van der Waals surface area contributed by atoms with Crippen molar-refractivity contribution in [3.63, 3.8) is 0 Å². The highest BCUT2D eigenvalue weighted by atomic mass is 16.1. The first kappa shape index (κ1) is 16.3. The number of hydrogen-bond donors (Lipinski definition) is 1. The summed E-state index contributed by atoms with van der Waals surface area (Å²) >= 11 is 0. The molecule has 1 amide bonds. The molecular weight excluding hydrogens is 274 g/mol. The monoisotopic (exact) mass is 299 g/mol. The Hall–Kier alpha value is -2.10. The van der Waals surface area contributed by atoms with E-state index in [1.54, 1.807) is 10.9 Å². The standard InChI is InChI=1S/C18H25N3O/c1-3-4-6-9-15(2)20-18(22)12-16-13-19-21(14-16)17-10-7-5-8-11-17/h5,7-8,10-11,13-15H,3-4,6,9,12H2,1-2H3,(H,20,22). The molecule has 0 aliphatic carbocycles. The number of amides is 1. The van der Waals surface area contributed by atoms with Gasteiger partial charge in [-0.2, -0.15) is 5.10 Å². The van der Waals surface area contributed by atoms with E-state index >= 15 is 0 Å². The molecule has 4 heteroatoms. The summed E-state index contributed by atoms with van der Waals surface area (Å²) in [7, 11) is 0. The fraction of sp³-hybridized carbons (Fsp3) is 0.444. The number of nitrogens with zero attached hydrogens (tertiary/aromatic N) is 2. The average Bonchev–Trinajstić information content (AvgIpc) is 2.96. The molecule has 0 bridgehead atoms. The highest BCUT2D eigenvalue weighted by Crippen LogP contribution is 2.08. The molecule has 0 spiro atoms. The molecule has 22 heavy (non-hydrogen) atoms. The summed E-state index contributed by atoms with van der Waals surface area (Å²) in [5.74, 6) is 0.0663. The lowest BCUT2D eigenvalue weighted by molar-refractivity contribution is -0.121. The molecule has 0 fully saturated rings. The second kappa shape index (κ2) is 8.37. The molecule has 1 N–H and O–H groups in total. The molecule has 0 saturated carbocycles. The van der Waals surface area contributed by atoms with Gasteiger partial charge in [0.1, 0.15) is 0 Å². The van der Waals surface area contributed by atoms with Crippen molar-refractivity contribution in [1.29, 1.82) is 0 Å². The zero-order valence-corrected chi connectivity index (χ0v) is 13.5. The molecule has 2 aromatic rings. The van der Waals surface area contributed by atoms with Crippen LogP contribution in [-0.2, 0) is 11.2 Å². The molecule has 1 unspecified atom stereocenters. The quantitative estimate of drug-likeness (QED) is 0.758. The molecule has 118 valence electrons. The molecule has 1 aromatic carbocycles. The lowest BCUT2D eigenvalue weighted by Gasteiger charge is -2.13. The predicted molar refractivity (Wildman–Crippen MR) is 89.0 cm³/mol. The molecule has 0 radical (unpaired) electrons. The van der Waals surface area contributed by atoms with Crippen LogP contribution in [0.1, 0.15) is 45.1 Å². The Bertz CT molecular complexity index is 577. The van der Waals surface area contributed by atoms with Gasteiger partial charge in [-0.1, -0.05) is 44.4 Å². The minimum Gasteiger partial charge on any atom is -0.353 e. The van der Waals surface area contributed by atoms with Crippen LogP contribution in [0.15, 0.2) is 42.7 Å². The number of unbranched alkanes of at least 4 members (excludes halogenated alkanes) is 2. The zero-order valence-electron chi connectivity index (χ0n) is 13.5. The third-order valence-electron chi connectivity index (χ3n) is 3.67. The Morgan fingerprint density at radius 3 is 2.77 bits per heavy atom. The molecule has 1 heterocycles. The van der Waals surface area contributed by atoms with E-state index in [0.717, 1.165) is 17.7 Å². The number of hydrogen-bond acceptors (Lipinski definition) is 2. The van der Waals surface area contributed by atoms with Gasteiger partial charge in [0.05, 0.1) is 18.3 Å². The molecule has 1 aromatic heterocycles. The number of nitrogens with one attached hydrogen (secondary N) is 1. The normalized spacial score (nSPS) is 12.1. The van der Waals surface area contributed by atoms with Gasteiger partial charge in [-0.3, -0.25) is 4.79 Å². The van der Waals surface area contributed by atoms with Crippen molar-refractivity contribution in [2.75, 3.05) is 0 Å². The van der Waals surface area contributed by atoms with Crippen LogP contribution < -0.4 is 5.32 Å². The average molecular weight is 299 g/mol. The van der Waals surface area contributed by atoms with Crippen LogP contribution in [0.25, 0.3) is 5.69 Å². The Labute approximate surface area is 132 Å². The molecule has 2 rings (SSSR count). The Kier molecular flexibility index (Phi) is 6.19. The second-order valence-electron chi connectivity index (χ2n) is 5.77. The van der Waals surface area contributed by atoms with Gasteiger partial charge in [0.2, 0.25) is 5.91 Å². The topological polar surface area (TPSA) is 46.9 Å². The van der Waals surface area contributed by atoms with Gasteiger partial charge in [0.15, 0.2) is 0 Å². The number of carbonyl (C=O) groups excluding carboxylic acids is 1. The van der Waals surface area contributed by atoms with Gasteiger partial charge in [-0.15, -0.1) is 0 Å². The molecule has 0 saturated heterocycles. The maximum absolute atomic E-state index is 12.1. The van der Waals surface area contributed by atoms with E-state index in [9.17, 15) is 4.79 Å². The summed E-state index contributed by atoms with van der Waals surface area (Å²) in [5.41, 5.74) is 1.93. The predicted octanol–water partition coefficient (Wildman–Crippen LogP) is 3.50. The minimum absolute atomic E-state index is 0.0663. The second-order valence-corrected chi connectivity index (χ2v) is 5.77. The molecule has 0 aliphatic heterocycles. The van der Waals surface area contributed by atoms with Gasteiger partial charge in [-0.05, 0) is 31.0 Å². The van der Waals surface area contributed by atoms with Gasteiger partial charge in [-0.25, -0.2) is 4.68 Å². The first-order valence-corrected chi connectivity index (χ1v) is 8.07. The summed E-state index contributed by atoms with van der Waals surface area (Å²) < 4.78 is 1.80. The van der Waals surface area contributed by atoms with E-state index in [0.29, 0.717) is 6.42 Å². The third-order valence-corrected chi connectivity index (χ3v) is 3.67. The van der Waals surface area contributed by atoms with Gasteiger partial charge in [0, 0.05) is 12.2 Å². The lowest BCUT2D eigenvalue weighted by atomic mass is 10.1. The maximum atomic E-state index is 12.1. The Balaban J connectivity index is 1.83. The first-order chi connectivity index (χ1) is 10.7. The number of benzene rings is 1. The molecular formula is C18H25N3O. The fourth-order valence-corrected chi connectivity index (χ4v) is 2.46. The zero-order chi connectivity index (χ0) is 15.8. The van der Waals surface area contributed by atoms with Crippen molar-refractivity contribution in [1.82, 2.24) is 15.1 Å². The molecule has 1 atom stereocenters. The fourth-order valence-electron chi connectivity index (χ4n) is 2.46. The van der Waals surface area contributed by atoms with E-state index in [-0.39, 0.29) is 11.9 Å². The van der Waals surface area contributed by atoms with Gasteiger partial charge >= 0.3 is 0 Å². The van der Waals surface area contributed by atoms with Gasteiger partial charge < -0.3 is 5.32 Å². The smallest absolute Gasteiger partial charge is 0.224 e. The van der Waals surface area contributed by atoms with Crippen LogP contribution in [0.2, 0.25) is 0 Å². The lowest BCUT2D eigenvalue weighted by Crippen LogP contribution is -2.33. The van der Waals surface area contributed by atoms with Crippen LogP contribution in [0.4, 0.5) is 0 Å². The van der Waals surface area contributed by atoms with Crippen LogP contribution >= 0.6 is 0 Å². The number of carbonyl (C=O) groups is 1. The Morgan fingerprint density at radius 1 is 1.27 bits per heavy atom. The molecule has 4 nitrogen and oxygen atoms in total. The van der Waals surface area contributed by atoms with Crippen molar-refractivity contribution in [2.24, 2.45) is 0 Å². The van der Waals surface area contributed by atoms with E-state index in [2.05, 4.69) is 24.3 Å². The highest BCUT2D eigenvalue weighted by Gasteiger charge is 2.09. The van der Waals surface area contributed by atoms with E-state index < -0.39 is 0 Å². The van der Waals surface area contributed by atoms with Crippen LogP contribution in [0.3, 0.4) is 0 Å². The number of para-hydroxylation sites is 1. The van der Waals surface area contributed by atoms with Crippen molar-refractivity contribution in [3.05, 3.63) is 48.3 Å². The van der Waals surface area contributed by atoms with Crippen molar-refractivity contribution in [2.45, 2.75) is 52.0 Å². The van der Waals surface area contributed by atoms with Crippen molar-refractivity contribution >= 4 is 5.91 Å². The first-order valence-electron chi connectivity index (χ1n) is 8.07. The summed E-state index contributed by atoms with van der Waals surface area (Å²) in [6.45, 7) is 4.26. The summed E-state index contributed by atoms with van der Waals surface area (Å²) in [5, 5.41) is 7.38. The SMILES string of the molecule is CCCCCC(C)NC(=O)Cc1cnn(-c2ccccc2)c1. The van der Waals surface area contributed by atoms with Crippen molar-refractivity contribution in [3.8, 4) is 5.69 Å². The van der Waals surface area contributed by atoms with E-state index in [1.807, 2.05) is 36.5 Å². The number of rotatable bonds is 8. The van der Waals surface area contributed by atoms with Crippen LogP contribution in [0.5, 0.6) is 0 Å². The van der Waals surface area contributed by atoms with Crippen LogP contribution in [-0.4, -0.2) is 21.7 Å². The summed E-state index contributed by atoms with van der Waals surface area (Å²) in [4.78, 5) is 12.1. The third kappa shape index (κ3) is 5.02. The number of aromatic nitrogens is 2. The van der Waals surface area contributed by atoms with Crippen molar-refractivity contribution < 1.29 is 4.79 Å².